The number of benzene rings is 5. The van der Waals surface area contributed by atoms with Crippen molar-refractivity contribution in [3.63, 3.8) is 0 Å². The third-order valence-corrected chi connectivity index (χ3v) is 23.5. The summed E-state index contributed by atoms with van der Waals surface area (Å²) in [5, 5.41) is 36.7. The summed E-state index contributed by atoms with van der Waals surface area (Å²) < 4.78 is 135. The number of carboxylic acids is 1. The molecular weight excluding hydrogens is 1910 g/mol. The number of pyridine rings is 5. The van der Waals surface area contributed by atoms with Crippen LogP contribution in [0, 0.1) is 29.1 Å². The molecule has 14 aromatic rings. The highest BCUT2D eigenvalue weighted by Gasteiger charge is 2.37. The number of carboxylic acid groups (broad SMARTS) is 1. The molecule has 6 aliphatic heterocycles. The van der Waals surface area contributed by atoms with Crippen molar-refractivity contribution >= 4 is 147 Å². The second kappa shape index (κ2) is 37.6. The van der Waals surface area contributed by atoms with Gasteiger partial charge in [0.15, 0.2) is 17.5 Å². The quantitative estimate of drug-likeness (QED) is 0.0918. The van der Waals surface area contributed by atoms with E-state index >= 15 is 0 Å². The molecule has 44 heteroatoms. The molecule has 5 aromatic carbocycles. The number of carbonyl (C=O) groups excluding carboxylic acids is 1. The molecule has 31 nitrogen and oxygen atoms in total. The number of hydrogen-bond donors (Lipinski definition) is 4. The number of likely N-dealkylation sites (tertiary alicyclic amines) is 1. The first-order chi connectivity index (χ1) is 59.6. The van der Waals surface area contributed by atoms with Gasteiger partial charge in [0.25, 0.3) is 23.3 Å². The van der Waals surface area contributed by atoms with Crippen LogP contribution in [0.1, 0.15) is 69.7 Å². The molecular formula is C81H76Br4F9N23O8. The molecule has 0 radical (unpaired) electrons. The van der Waals surface area contributed by atoms with Crippen molar-refractivity contribution in [2.45, 2.75) is 89.9 Å². The number of aromatic nitrogens is 17. The number of anilines is 3. The summed E-state index contributed by atoms with van der Waals surface area (Å²) in [5.74, 6) is -4.36. The average molecular weight is 1990 g/mol. The lowest BCUT2D eigenvalue weighted by Gasteiger charge is -2.32. The number of amides is 1. The van der Waals surface area contributed by atoms with E-state index in [1.54, 1.807) is 95.0 Å². The van der Waals surface area contributed by atoms with E-state index in [1.807, 2.05) is 39.0 Å². The molecule has 9 aromatic heterocycles. The average Bonchev–Trinajstić information content (AvgIpc) is 1.76. The Labute approximate surface area is 735 Å². The van der Waals surface area contributed by atoms with Gasteiger partial charge < -0.3 is 40.3 Å². The number of halogens is 13. The Balaban J connectivity index is 0.000000124. The topological polar surface area (TPSA) is 335 Å². The van der Waals surface area contributed by atoms with Gasteiger partial charge in [0, 0.05) is 211 Å². The molecule has 654 valence electrons. The van der Waals surface area contributed by atoms with Gasteiger partial charge in [-0.25, -0.2) is 102 Å². The van der Waals surface area contributed by atoms with E-state index in [1.165, 1.54) is 54.2 Å². The summed E-state index contributed by atoms with van der Waals surface area (Å²) in [7, 11) is 6.50. The summed E-state index contributed by atoms with van der Waals surface area (Å²) >= 11 is 13.1. The Morgan fingerprint density at radius 2 is 0.752 bits per heavy atom. The van der Waals surface area contributed by atoms with Crippen LogP contribution in [0.25, 0.3) is 53.9 Å². The first kappa shape index (κ1) is 89.5. The number of aryl methyl sites for hydroxylation is 4. The number of fused-ring (bicyclic) bond motifs is 9. The van der Waals surface area contributed by atoms with Crippen LogP contribution in [0.2, 0.25) is 0 Å². The number of hydrogen-bond acceptors (Lipinski definition) is 20. The highest BCUT2D eigenvalue weighted by molar-refractivity contribution is 9.11. The molecule has 15 heterocycles. The minimum Gasteiger partial charge on any atom is -0.478 e. The highest BCUT2D eigenvalue weighted by atomic mass is 79.9. The first-order valence-corrected chi connectivity index (χ1v) is 42.0. The lowest BCUT2D eigenvalue weighted by molar-refractivity contribution is -0.0494. The van der Waals surface area contributed by atoms with Crippen molar-refractivity contribution in [2.75, 3.05) is 67.1 Å². The number of rotatable bonds is 5. The number of alkyl halides is 4. The highest BCUT2D eigenvalue weighted by Crippen LogP contribution is 2.36. The minimum absolute atomic E-state index is 0.00694. The van der Waals surface area contributed by atoms with Crippen LogP contribution >= 0.6 is 63.7 Å². The zero-order chi connectivity index (χ0) is 89.2. The third-order valence-electron chi connectivity index (χ3n) is 21.4. The van der Waals surface area contributed by atoms with Crippen LogP contribution in [-0.2, 0) is 80.5 Å². The van der Waals surface area contributed by atoms with Gasteiger partial charge in [0.05, 0.1) is 56.5 Å². The number of carbonyl (C=O) groups is 2. The molecule has 0 atom stereocenters. The minimum atomic E-state index is -2.75. The van der Waals surface area contributed by atoms with Gasteiger partial charge in [-0.1, -0.05) is 53.9 Å². The summed E-state index contributed by atoms with van der Waals surface area (Å²) in [5.41, 5.74) is -0.490. The molecule has 2 saturated heterocycles. The zero-order valence-electron chi connectivity index (χ0n) is 66.9. The number of H-pyrrole nitrogens is 1. The number of aromatic amines is 1. The fourth-order valence-electron chi connectivity index (χ4n) is 14.9. The molecule has 0 spiro atoms. The molecule has 4 N–H and O–H groups in total. The van der Waals surface area contributed by atoms with E-state index < -0.39 is 41.2 Å². The first-order valence-electron chi connectivity index (χ1n) is 38.8. The largest absolute Gasteiger partial charge is 0.478 e. The van der Waals surface area contributed by atoms with Crippen LogP contribution < -0.4 is 53.7 Å². The molecule has 0 bridgehead atoms. The Bertz CT molecular complexity index is 6820. The standard InChI is InChI=1S/C21H21F3N6O2.C16H14FN5O3.C15H13BrFN5O.C9H4Br2FN.C9H5BrFNO.C6H10N4O.C5H9F2N/c1-27-20(32)30-9-8-29(12-17(30)26-27)18-14-3-2-13(10-15(14)16(22)11-25-18)19(31)28-6-4-21(23,24)5-7-28;1-20-16(25)22-5-4-21(8-13(22)19-20)14-10-3-2-9(15(23)24)6-11(10)12(17)7-18-14;1-20-15(23)22-5-4-21(8-13(22)19-20)14-10-3-2-9(16)6-11(10)12(17)7-18-14;10-5-1-2-6-7(3-5)8(12)4-13-9(6)11;10-5-1-2-6-7(3-5)8(11)4-12-9(6)13;1-9-6(11)10-3-2-7-4-5(10)8-9;6-5(7)1-3-8-4-2-5/h2-3,10-11H,4-9,12H2,1H3;2-3,6-7H,4-5,8H2,1H3,(H,23,24);2-3,6-7H,4-5,8H2,1H3;1-4H;1-4H,(H,12,13);7H,2-4H2,1H3;8H,1-4H2. The molecule has 20 rings (SSSR count). The zero-order valence-corrected chi connectivity index (χ0v) is 73.2. The summed E-state index contributed by atoms with van der Waals surface area (Å²) in [6, 6.07) is 24.7. The van der Waals surface area contributed by atoms with Crippen molar-refractivity contribution in [3.8, 4) is 0 Å². The molecule has 0 saturated carbocycles. The van der Waals surface area contributed by atoms with E-state index in [9.17, 15) is 73.1 Å². The van der Waals surface area contributed by atoms with Crippen LogP contribution in [0.5, 0.6) is 0 Å². The fourth-order valence-corrected chi connectivity index (χ4v) is 16.4. The molecule has 2 fully saturated rings. The summed E-state index contributed by atoms with van der Waals surface area (Å²) in [4.78, 5) is 108. The lowest BCUT2D eigenvalue weighted by atomic mass is 10.0. The van der Waals surface area contributed by atoms with Gasteiger partial charge in [0.1, 0.15) is 57.0 Å². The van der Waals surface area contributed by atoms with E-state index in [0.29, 0.717) is 150 Å². The predicted octanol–water partition coefficient (Wildman–Crippen LogP) is 11.2. The Hall–Kier alpha value is -11.7. The van der Waals surface area contributed by atoms with E-state index in [-0.39, 0.29) is 101 Å². The van der Waals surface area contributed by atoms with E-state index in [0.717, 1.165) is 61.7 Å². The number of nitrogens with one attached hydrogen (secondary N) is 3. The fraction of sp³-hybridized carbons (Fsp3) is 0.321. The van der Waals surface area contributed by atoms with Crippen molar-refractivity contribution in [1.29, 1.82) is 0 Å². The smallest absolute Gasteiger partial charge is 0.345 e. The van der Waals surface area contributed by atoms with Crippen LogP contribution in [-0.4, -0.2) is 168 Å². The third kappa shape index (κ3) is 19.8. The Morgan fingerprint density at radius 3 is 1.18 bits per heavy atom. The maximum Gasteiger partial charge on any atom is 0.345 e. The molecule has 0 aliphatic carbocycles. The van der Waals surface area contributed by atoms with Gasteiger partial charge in [-0.2, -0.15) is 20.4 Å². The van der Waals surface area contributed by atoms with Crippen LogP contribution in [0.15, 0.2) is 164 Å². The maximum absolute atomic E-state index is 14.6. The summed E-state index contributed by atoms with van der Waals surface area (Å²) in [6.07, 6.45) is 4.97. The van der Waals surface area contributed by atoms with Crippen molar-refractivity contribution in [2.24, 2.45) is 28.2 Å². The second-order valence-electron chi connectivity index (χ2n) is 29.6. The molecule has 125 heavy (non-hydrogen) atoms. The van der Waals surface area contributed by atoms with Gasteiger partial charge >= 0.3 is 28.7 Å². The van der Waals surface area contributed by atoms with Crippen LogP contribution in [0.4, 0.5) is 57.0 Å². The molecule has 0 unspecified atom stereocenters. The predicted molar refractivity (Wildman–Crippen MR) is 461 cm³/mol. The van der Waals surface area contributed by atoms with E-state index in [2.05, 4.69) is 120 Å². The lowest BCUT2D eigenvalue weighted by Crippen LogP contribution is -2.42. The van der Waals surface area contributed by atoms with Crippen LogP contribution in [0.3, 0.4) is 0 Å². The summed E-state index contributed by atoms with van der Waals surface area (Å²) in [6.45, 7) is 7.41. The van der Waals surface area contributed by atoms with Gasteiger partial charge in [-0.05, 0) is 101 Å². The van der Waals surface area contributed by atoms with Crippen molar-refractivity contribution < 1.29 is 54.2 Å². The SMILES string of the molecule is Cn1nc2n(c1=O)CCN(c1ncc(F)c3cc(Br)ccc13)C2.Cn1nc2n(c1=O)CCN(c1ncc(F)c3cc(C(=O)N4CCC(F)(F)CC4)ccc13)C2.Cn1nc2n(c1=O)CCN(c1ncc(F)c3cc(C(=O)O)ccc13)C2.Cn1nc2n(c1=O)CCNC2.FC1(F)CCNCC1.Fc1cnc(Br)c2ccc(Br)cc12.O=c1[nH]cc(F)c2cc(Br)ccc12. The molecule has 1 amide bonds. The Morgan fingerprint density at radius 1 is 0.392 bits per heavy atom. The van der Waals surface area contributed by atoms with E-state index in [4.69, 9.17) is 5.11 Å². The monoisotopic (exact) mass is 1990 g/mol. The van der Waals surface area contributed by atoms with Gasteiger partial charge in [0.2, 0.25) is 0 Å². The van der Waals surface area contributed by atoms with Gasteiger partial charge in [-0.15, -0.1) is 0 Å². The van der Waals surface area contributed by atoms with Crippen molar-refractivity contribution in [3.05, 3.63) is 256 Å². The number of nitrogens with zero attached hydrogens (tertiary/aromatic N) is 20. The Kier molecular flexibility index (Phi) is 26.9. The molecule has 6 aliphatic rings. The number of piperidine rings is 2. The normalized spacial score (nSPS) is 15.5. The number of aromatic carboxylic acids is 1. The van der Waals surface area contributed by atoms with Crippen molar-refractivity contribution in [1.82, 2.24) is 97.8 Å². The van der Waals surface area contributed by atoms with Gasteiger partial charge in [-0.3, -0.25) is 27.9 Å². The maximum atomic E-state index is 14.6. The second-order valence-corrected chi connectivity index (χ2v) is 33.1.